The summed E-state index contributed by atoms with van der Waals surface area (Å²) in [4.78, 5) is 22.5. The Kier molecular flexibility index (Phi) is 4.12. The van der Waals surface area contributed by atoms with Crippen molar-refractivity contribution < 1.29 is 19.4 Å². The molecule has 3 unspecified atom stereocenters. The third-order valence-electron chi connectivity index (χ3n) is 3.14. The fraction of sp³-hybridized carbons (Fsp3) is 0.818. The number of hydrogen-bond acceptors (Lipinski definition) is 3. The lowest BCUT2D eigenvalue weighted by Crippen LogP contribution is -2.26. The summed E-state index contributed by atoms with van der Waals surface area (Å²) in [5, 5.41) is 9.01. The average Bonchev–Trinajstić information content (AvgIpc) is 2.61. The summed E-state index contributed by atoms with van der Waals surface area (Å²) in [7, 11) is 0. The van der Waals surface area contributed by atoms with Crippen LogP contribution in [0.4, 0.5) is 0 Å². The molecule has 0 aliphatic heterocycles. The Morgan fingerprint density at radius 1 is 1.27 bits per heavy atom. The second-order valence-corrected chi connectivity index (χ2v) is 4.05. The number of hydrogen-bond donors (Lipinski definition) is 1. The summed E-state index contributed by atoms with van der Waals surface area (Å²) in [5.74, 6) is -1.85. The standard InChI is InChI=1S/C11H18O4/c1-3-7-5-8(10(12)13)9(6-7)11(14)15-4-2/h7-9H,3-6H2,1-2H3,(H,12,13). The van der Waals surface area contributed by atoms with E-state index in [2.05, 4.69) is 0 Å². The maximum absolute atomic E-state index is 11.5. The summed E-state index contributed by atoms with van der Waals surface area (Å²) in [6.45, 7) is 4.08. The fourth-order valence-electron chi connectivity index (χ4n) is 2.26. The number of esters is 1. The third-order valence-corrected chi connectivity index (χ3v) is 3.14. The number of carboxylic acid groups (broad SMARTS) is 1. The minimum absolute atomic E-state index is 0.318. The van der Waals surface area contributed by atoms with Crippen LogP contribution in [0.2, 0.25) is 0 Å². The molecule has 0 heterocycles. The summed E-state index contributed by atoms with van der Waals surface area (Å²) in [6, 6.07) is 0. The molecule has 1 fully saturated rings. The predicted octanol–water partition coefficient (Wildman–Crippen LogP) is 1.69. The normalized spacial score (nSPS) is 30.1. The number of carboxylic acids is 1. The highest BCUT2D eigenvalue weighted by atomic mass is 16.5. The van der Waals surface area contributed by atoms with Gasteiger partial charge in [-0.15, -0.1) is 0 Å². The van der Waals surface area contributed by atoms with Gasteiger partial charge in [0, 0.05) is 0 Å². The summed E-state index contributed by atoms with van der Waals surface area (Å²) >= 11 is 0. The van der Waals surface area contributed by atoms with Gasteiger partial charge in [-0.1, -0.05) is 13.3 Å². The van der Waals surface area contributed by atoms with Gasteiger partial charge in [-0.3, -0.25) is 9.59 Å². The Hall–Kier alpha value is -1.06. The largest absolute Gasteiger partial charge is 0.481 e. The molecule has 0 spiro atoms. The van der Waals surface area contributed by atoms with Crippen molar-refractivity contribution in [2.45, 2.75) is 33.1 Å². The van der Waals surface area contributed by atoms with Crippen molar-refractivity contribution in [1.29, 1.82) is 0 Å². The molecule has 0 aromatic carbocycles. The molecule has 0 saturated heterocycles. The van der Waals surface area contributed by atoms with Gasteiger partial charge < -0.3 is 9.84 Å². The van der Waals surface area contributed by atoms with E-state index in [-0.39, 0.29) is 5.97 Å². The zero-order chi connectivity index (χ0) is 11.4. The van der Waals surface area contributed by atoms with E-state index in [4.69, 9.17) is 9.84 Å². The van der Waals surface area contributed by atoms with Crippen LogP contribution in [0.3, 0.4) is 0 Å². The Bertz CT molecular complexity index is 249. The minimum Gasteiger partial charge on any atom is -0.481 e. The second-order valence-electron chi connectivity index (χ2n) is 4.05. The van der Waals surface area contributed by atoms with Crippen molar-refractivity contribution in [1.82, 2.24) is 0 Å². The van der Waals surface area contributed by atoms with Crippen LogP contribution in [0.25, 0.3) is 0 Å². The van der Waals surface area contributed by atoms with Gasteiger partial charge in [0.05, 0.1) is 18.4 Å². The van der Waals surface area contributed by atoms with E-state index in [0.29, 0.717) is 25.4 Å². The molecule has 86 valence electrons. The van der Waals surface area contributed by atoms with Crippen molar-refractivity contribution in [2.75, 3.05) is 6.61 Å². The van der Waals surface area contributed by atoms with E-state index in [1.807, 2.05) is 6.92 Å². The molecule has 0 aromatic rings. The highest BCUT2D eigenvalue weighted by molar-refractivity contribution is 5.81. The fourth-order valence-corrected chi connectivity index (χ4v) is 2.26. The van der Waals surface area contributed by atoms with Crippen LogP contribution < -0.4 is 0 Å². The summed E-state index contributed by atoms with van der Waals surface area (Å²) in [6.07, 6.45) is 2.20. The lowest BCUT2D eigenvalue weighted by molar-refractivity contribution is -0.156. The monoisotopic (exact) mass is 214 g/mol. The van der Waals surface area contributed by atoms with Crippen LogP contribution in [0.1, 0.15) is 33.1 Å². The second kappa shape index (κ2) is 5.14. The maximum atomic E-state index is 11.5. The number of aliphatic carboxylic acids is 1. The Labute approximate surface area is 89.6 Å². The van der Waals surface area contributed by atoms with Gasteiger partial charge in [-0.2, -0.15) is 0 Å². The average molecular weight is 214 g/mol. The van der Waals surface area contributed by atoms with Crippen LogP contribution >= 0.6 is 0 Å². The van der Waals surface area contributed by atoms with Gasteiger partial charge >= 0.3 is 11.9 Å². The SMILES string of the molecule is CCOC(=O)C1CC(CC)CC1C(=O)O. The summed E-state index contributed by atoms with van der Waals surface area (Å²) < 4.78 is 4.90. The molecule has 0 radical (unpaired) electrons. The molecule has 1 aliphatic carbocycles. The number of ether oxygens (including phenoxy) is 1. The van der Waals surface area contributed by atoms with Crippen molar-refractivity contribution >= 4 is 11.9 Å². The molecule has 0 bridgehead atoms. The molecule has 0 amide bonds. The molecule has 4 nitrogen and oxygen atoms in total. The van der Waals surface area contributed by atoms with E-state index < -0.39 is 17.8 Å². The zero-order valence-corrected chi connectivity index (χ0v) is 9.23. The molecule has 15 heavy (non-hydrogen) atoms. The molecule has 1 saturated carbocycles. The molecule has 1 aliphatic rings. The van der Waals surface area contributed by atoms with Crippen LogP contribution in [0.15, 0.2) is 0 Å². The number of carbonyl (C=O) groups is 2. The quantitative estimate of drug-likeness (QED) is 0.723. The molecule has 3 atom stereocenters. The van der Waals surface area contributed by atoms with E-state index in [0.717, 1.165) is 6.42 Å². The number of rotatable bonds is 4. The first-order valence-corrected chi connectivity index (χ1v) is 5.49. The Morgan fingerprint density at radius 2 is 1.87 bits per heavy atom. The van der Waals surface area contributed by atoms with Crippen LogP contribution in [-0.2, 0) is 14.3 Å². The van der Waals surface area contributed by atoms with E-state index >= 15 is 0 Å². The first kappa shape index (κ1) is 12.0. The van der Waals surface area contributed by atoms with Gasteiger partial charge in [0.25, 0.3) is 0 Å². The predicted molar refractivity (Wildman–Crippen MR) is 54.3 cm³/mol. The van der Waals surface area contributed by atoms with Crippen molar-refractivity contribution in [3.63, 3.8) is 0 Å². The smallest absolute Gasteiger partial charge is 0.309 e. The summed E-state index contributed by atoms with van der Waals surface area (Å²) in [5.41, 5.74) is 0. The molecular formula is C11H18O4. The van der Waals surface area contributed by atoms with E-state index in [1.54, 1.807) is 6.92 Å². The zero-order valence-electron chi connectivity index (χ0n) is 9.23. The first-order valence-electron chi connectivity index (χ1n) is 5.49. The lowest BCUT2D eigenvalue weighted by atomic mass is 9.96. The van der Waals surface area contributed by atoms with E-state index in [9.17, 15) is 9.59 Å². The molecule has 1 N–H and O–H groups in total. The van der Waals surface area contributed by atoms with Gasteiger partial charge in [-0.05, 0) is 25.7 Å². The van der Waals surface area contributed by atoms with Gasteiger partial charge in [0.1, 0.15) is 0 Å². The lowest BCUT2D eigenvalue weighted by Gasteiger charge is -2.13. The van der Waals surface area contributed by atoms with Crippen LogP contribution in [0.5, 0.6) is 0 Å². The molecule has 4 heteroatoms. The Morgan fingerprint density at radius 3 is 2.33 bits per heavy atom. The van der Waals surface area contributed by atoms with E-state index in [1.165, 1.54) is 0 Å². The van der Waals surface area contributed by atoms with Gasteiger partial charge in [-0.25, -0.2) is 0 Å². The molecular weight excluding hydrogens is 196 g/mol. The highest BCUT2D eigenvalue weighted by Gasteiger charge is 2.42. The Balaban J connectivity index is 2.68. The molecule has 0 aromatic heterocycles. The maximum Gasteiger partial charge on any atom is 0.309 e. The van der Waals surface area contributed by atoms with Crippen LogP contribution in [0, 0.1) is 17.8 Å². The van der Waals surface area contributed by atoms with Crippen molar-refractivity contribution in [3.05, 3.63) is 0 Å². The minimum atomic E-state index is -0.871. The highest BCUT2D eigenvalue weighted by Crippen LogP contribution is 2.38. The first-order chi connectivity index (χ1) is 7.10. The van der Waals surface area contributed by atoms with Crippen molar-refractivity contribution in [2.24, 2.45) is 17.8 Å². The topological polar surface area (TPSA) is 63.6 Å². The van der Waals surface area contributed by atoms with Gasteiger partial charge in [0.15, 0.2) is 0 Å². The van der Waals surface area contributed by atoms with Gasteiger partial charge in [0.2, 0.25) is 0 Å². The molecule has 1 rings (SSSR count). The van der Waals surface area contributed by atoms with Crippen molar-refractivity contribution in [3.8, 4) is 0 Å². The van der Waals surface area contributed by atoms with Crippen LogP contribution in [-0.4, -0.2) is 23.7 Å². The number of carbonyl (C=O) groups excluding carboxylic acids is 1. The third kappa shape index (κ3) is 2.70.